The van der Waals surface area contributed by atoms with Gasteiger partial charge in [0.2, 0.25) is 5.76 Å². The Hall–Kier alpha value is -2.75. The fourth-order valence-electron chi connectivity index (χ4n) is 2.71. The van der Waals surface area contributed by atoms with Crippen LogP contribution < -0.4 is 10.1 Å². The highest BCUT2D eigenvalue weighted by molar-refractivity contribution is 6.08. The Kier molecular flexibility index (Phi) is 4.85. The molecule has 0 unspecified atom stereocenters. The standard InChI is InChI=1S/C20H21NO3/c1-3-4-12-21-20(22)19-18(14-8-6-5-7-9-14)16-11-10-15(23-2)13-17(16)24-19/h5-11,13H,3-4,12H2,1-2H3,(H,21,22). The van der Waals surface area contributed by atoms with Gasteiger partial charge in [-0.05, 0) is 24.1 Å². The van der Waals surface area contributed by atoms with Crippen molar-refractivity contribution in [2.45, 2.75) is 19.8 Å². The van der Waals surface area contributed by atoms with E-state index in [4.69, 9.17) is 9.15 Å². The summed E-state index contributed by atoms with van der Waals surface area (Å²) in [6.45, 7) is 2.74. The van der Waals surface area contributed by atoms with E-state index in [1.165, 1.54) is 0 Å². The molecule has 0 saturated heterocycles. The van der Waals surface area contributed by atoms with E-state index < -0.39 is 0 Å². The van der Waals surface area contributed by atoms with Gasteiger partial charge in [0, 0.05) is 23.6 Å². The Morgan fingerprint density at radius 1 is 1.17 bits per heavy atom. The average molecular weight is 323 g/mol. The van der Waals surface area contributed by atoms with Gasteiger partial charge in [-0.15, -0.1) is 0 Å². The Bertz CT molecular complexity index is 837. The van der Waals surface area contributed by atoms with Crippen LogP contribution in [0.2, 0.25) is 0 Å². The summed E-state index contributed by atoms with van der Waals surface area (Å²) in [6.07, 6.45) is 1.98. The van der Waals surface area contributed by atoms with Crippen molar-refractivity contribution < 1.29 is 13.9 Å². The summed E-state index contributed by atoms with van der Waals surface area (Å²) in [7, 11) is 1.61. The number of rotatable bonds is 6. The molecule has 0 fully saturated rings. The van der Waals surface area contributed by atoms with Crippen LogP contribution in [-0.4, -0.2) is 19.6 Å². The molecule has 1 N–H and O–H groups in total. The number of amides is 1. The van der Waals surface area contributed by atoms with Gasteiger partial charge in [-0.25, -0.2) is 0 Å². The van der Waals surface area contributed by atoms with E-state index in [9.17, 15) is 4.79 Å². The van der Waals surface area contributed by atoms with Gasteiger partial charge in [0.05, 0.1) is 7.11 Å². The number of carbonyl (C=O) groups is 1. The van der Waals surface area contributed by atoms with E-state index in [2.05, 4.69) is 12.2 Å². The normalized spacial score (nSPS) is 10.8. The summed E-state index contributed by atoms with van der Waals surface area (Å²) >= 11 is 0. The van der Waals surface area contributed by atoms with Crippen molar-refractivity contribution >= 4 is 16.9 Å². The van der Waals surface area contributed by atoms with Gasteiger partial charge in [0.25, 0.3) is 5.91 Å². The minimum Gasteiger partial charge on any atom is -0.497 e. The van der Waals surface area contributed by atoms with Gasteiger partial charge in [0.1, 0.15) is 11.3 Å². The smallest absolute Gasteiger partial charge is 0.287 e. The number of ether oxygens (including phenoxy) is 1. The van der Waals surface area contributed by atoms with Crippen LogP contribution in [0.1, 0.15) is 30.3 Å². The van der Waals surface area contributed by atoms with E-state index in [1.807, 2.05) is 48.5 Å². The summed E-state index contributed by atoms with van der Waals surface area (Å²) in [5, 5.41) is 3.84. The lowest BCUT2D eigenvalue weighted by molar-refractivity contribution is 0.0928. The molecular weight excluding hydrogens is 302 g/mol. The SMILES string of the molecule is CCCCNC(=O)c1oc2cc(OC)ccc2c1-c1ccccc1. The molecule has 0 radical (unpaired) electrons. The van der Waals surface area contributed by atoms with Crippen molar-refractivity contribution in [2.75, 3.05) is 13.7 Å². The van der Waals surface area contributed by atoms with Crippen LogP contribution in [0, 0.1) is 0 Å². The molecule has 4 heteroatoms. The molecule has 1 amide bonds. The van der Waals surface area contributed by atoms with Crippen molar-refractivity contribution in [3.63, 3.8) is 0 Å². The highest BCUT2D eigenvalue weighted by Crippen LogP contribution is 2.36. The predicted octanol–water partition coefficient (Wildman–Crippen LogP) is 4.64. The van der Waals surface area contributed by atoms with Gasteiger partial charge >= 0.3 is 0 Å². The minimum absolute atomic E-state index is 0.183. The van der Waals surface area contributed by atoms with E-state index in [-0.39, 0.29) is 5.91 Å². The number of carbonyl (C=O) groups excluding carboxylic acids is 1. The zero-order valence-corrected chi connectivity index (χ0v) is 14.0. The maximum atomic E-state index is 12.6. The third-order valence-electron chi connectivity index (χ3n) is 3.98. The zero-order chi connectivity index (χ0) is 16.9. The Morgan fingerprint density at radius 3 is 2.67 bits per heavy atom. The number of fused-ring (bicyclic) bond motifs is 1. The van der Waals surface area contributed by atoms with E-state index in [0.29, 0.717) is 23.6 Å². The van der Waals surface area contributed by atoms with Crippen molar-refractivity contribution in [3.8, 4) is 16.9 Å². The number of hydrogen-bond acceptors (Lipinski definition) is 3. The first-order chi connectivity index (χ1) is 11.7. The molecular formula is C20H21NO3. The topological polar surface area (TPSA) is 51.5 Å². The summed E-state index contributed by atoms with van der Waals surface area (Å²) in [6, 6.07) is 15.5. The van der Waals surface area contributed by atoms with Crippen molar-refractivity contribution in [1.82, 2.24) is 5.32 Å². The van der Waals surface area contributed by atoms with Crippen molar-refractivity contribution in [1.29, 1.82) is 0 Å². The zero-order valence-electron chi connectivity index (χ0n) is 14.0. The molecule has 0 aliphatic carbocycles. The second kappa shape index (κ2) is 7.21. The Morgan fingerprint density at radius 2 is 1.96 bits per heavy atom. The first kappa shape index (κ1) is 16.1. The van der Waals surface area contributed by atoms with Gasteiger partial charge in [0.15, 0.2) is 0 Å². The molecule has 0 aliphatic rings. The van der Waals surface area contributed by atoms with Crippen LogP contribution in [0.5, 0.6) is 5.75 Å². The van der Waals surface area contributed by atoms with Crippen molar-refractivity contribution in [2.24, 2.45) is 0 Å². The molecule has 1 heterocycles. The van der Waals surface area contributed by atoms with Gasteiger partial charge in [-0.3, -0.25) is 4.79 Å². The number of benzene rings is 2. The summed E-state index contributed by atoms with van der Waals surface area (Å²) in [4.78, 5) is 12.6. The number of nitrogens with one attached hydrogen (secondary N) is 1. The molecule has 0 atom stereocenters. The fraction of sp³-hybridized carbons (Fsp3) is 0.250. The molecule has 1 aromatic heterocycles. The van der Waals surface area contributed by atoms with Crippen LogP contribution in [0.15, 0.2) is 52.9 Å². The number of hydrogen-bond donors (Lipinski definition) is 1. The lowest BCUT2D eigenvalue weighted by Gasteiger charge is -2.05. The second-order valence-corrected chi connectivity index (χ2v) is 5.64. The van der Waals surface area contributed by atoms with Gasteiger partial charge in [-0.2, -0.15) is 0 Å². The van der Waals surface area contributed by atoms with Crippen LogP contribution in [0.25, 0.3) is 22.1 Å². The summed E-state index contributed by atoms with van der Waals surface area (Å²) in [5.74, 6) is 0.867. The third-order valence-corrected chi connectivity index (χ3v) is 3.98. The van der Waals surface area contributed by atoms with Gasteiger partial charge < -0.3 is 14.5 Å². The number of unbranched alkanes of at least 4 members (excludes halogenated alkanes) is 1. The Balaban J connectivity index is 2.10. The minimum atomic E-state index is -0.183. The molecule has 4 nitrogen and oxygen atoms in total. The van der Waals surface area contributed by atoms with Crippen LogP contribution in [0.3, 0.4) is 0 Å². The van der Waals surface area contributed by atoms with E-state index in [0.717, 1.165) is 29.4 Å². The first-order valence-electron chi connectivity index (χ1n) is 8.18. The maximum absolute atomic E-state index is 12.6. The molecule has 3 aromatic rings. The molecule has 2 aromatic carbocycles. The van der Waals surface area contributed by atoms with Crippen molar-refractivity contribution in [3.05, 3.63) is 54.3 Å². The first-order valence-corrected chi connectivity index (χ1v) is 8.18. The third kappa shape index (κ3) is 3.13. The molecule has 124 valence electrons. The predicted molar refractivity (Wildman–Crippen MR) is 95.4 cm³/mol. The highest BCUT2D eigenvalue weighted by atomic mass is 16.5. The second-order valence-electron chi connectivity index (χ2n) is 5.64. The maximum Gasteiger partial charge on any atom is 0.287 e. The highest BCUT2D eigenvalue weighted by Gasteiger charge is 2.21. The van der Waals surface area contributed by atoms with E-state index >= 15 is 0 Å². The molecule has 3 rings (SSSR count). The lowest BCUT2D eigenvalue weighted by atomic mass is 10.0. The monoisotopic (exact) mass is 323 g/mol. The lowest BCUT2D eigenvalue weighted by Crippen LogP contribution is -2.24. The molecule has 0 aliphatic heterocycles. The summed E-state index contributed by atoms with van der Waals surface area (Å²) in [5.41, 5.74) is 2.43. The molecule has 0 saturated carbocycles. The van der Waals surface area contributed by atoms with Gasteiger partial charge in [-0.1, -0.05) is 43.7 Å². The van der Waals surface area contributed by atoms with E-state index in [1.54, 1.807) is 7.11 Å². The molecule has 0 bridgehead atoms. The largest absolute Gasteiger partial charge is 0.497 e. The summed E-state index contributed by atoms with van der Waals surface area (Å²) < 4.78 is 11.2. The average Bonchev–Trinajstić information content (AvgIpc) is 3.01. The number of methoxy groups -OCH3 is 1. The number of furan rings is 1. The fourth-order valence-corrected chi connectivity index (χ4v) is 2.71. The molecule has 0 spiro atoms. The Labute approximate surface area is 141 Å². The van der Waals surface area contributed by atoms with Crippen LogP contribution in [0.4, 0.5) is 0 Å². The quantitative estimate of drug-likeness (QED) is 0.672. The molecule has 24 heavy (non-hydrogen) atoms. The van der Waals surface area contributed by atoms with Crippen LogP contribution >= 0.6 is 0 Å². The van der Waals surface area contributed by atoms with Crippen LogP contribution in [-0.2, 0) is 0 Å².